The van der Waals surface area contributed by atoms with Gasteiger partial charge in [-0.3, -0.25) is 0 Å². The summed E-state index contributed by atoms with van der Waals surface area (Å²) in [6.45, 7) is 14.6. The first-order valence-electron chi connectivity index (χ1n) is 6.03. The highest BCUT2D eigenvalue weighted by molar-refractivity contribution is 5.51. The van der Waals surface area contributed by atoms with Gasteiger partial charge in [0.25, 0.3) is 0 Å². The van der Waals surface area contributed by atoms with Crippen molar-refractivity contribution in [2.45, 2.75) is 60.5 Å². The van der Waals surface area contributed by atoms with Crippen LogP contribution >= 0.6 is 0 Å². The molecular formula is C15H24O. The van der Waals surface area contributed by atoms with Gasteiger partial charge in [-0.15, -0.1) is 0 Å². The SMILES string of the molecule is CC[C@@](C)(O)c1c(C)c(C)c(C)c(C)c1C. The molecule has 0 fully saturated rings. The van der Waals surface area contributed by atoms with E-state index in [0.717, 1.165) is 12.0 Å². The van der Waals surface area contributed by atoms with Gasteiger partial charge >= 0.3 is 0 Å². The first kappa shape index (κ1) is 13.2. The van der Waals surface area contributed by atoms with Gasteiger partial charge < -0.3 is 5.11 Å². The van der Waals surface area contributed by atoms with Crippen molar-refractivity contribution in [1.29, 1.82) is 0 Å². The second-order valence-corrected chi connectivity index (χ2v) is 5.13. The van der Waals surface area contributed by atoms with Gasteiger partial charge in [0.2, 0.25) is 0 Å². The molecule has 1 aromatic carbocycles. The normalized spacial score (nSPS) is 15.0. The number of aliphatic hydroxyl groups is 1. The van der Waals surface area contributed by atoms with E-state index in [4.69, 9.17) is 0 Å². The molecule has 1 atom stereocenters. The molecule has 0 saturated heterocycles. The van der Waals surface area contributed by atoms with E-state index in [1.807, 2.05) is 13.8 Å². The van der Waals surface area contributed by atoms with E-state index in [9.17, 15) is 5.11 Å². The first-order valence-corrected chi connectivity index (χ1v) is 6.03. The maximum Gasteiger partial charge on any atom is 0.0871 e. The summed E-state index contributed by atoms with van der Waals surface area (Å²) < 4.78 is 0. The monoisotopic (exact) mass is 220 g/mol. The van der Waals surface area contributed by atoms with Crippen LogP contribution in [0.2, 0.25) is 0 Å². The molecule has 0 heterocycles. The molecule has 0 bridgehead atoms. The molecule has 0 amide bonds. The maximum atomic E-state index is 10.5. The minimum Gasteiger partial charge on any atom is -0.385 e. The van der Waals surface area contributed by atoms with Crippen LogP contribution in [0.25, 0.3) is 0 Å². The molecule has 16 heavy (non-hydrogen) atoms. The first-order chi connectivity index (χ1) is 7.24. The van der Waals surface area contributed by atoms with Gasteiger partial charge in [0.1, 0.15) is 0 Å². The molecule has 0 saturated carbocycles. The number of rotatable bonds is 2. The molecule has 0 radical (unpaired) electrons. The van der Waals surface area contributed by atoms with Crippen LogP contribution in [-0.2, 0) is 5.60 Å². The molecule has 90 valence electrons. The Morgan fingerprint density at radius 2 is 1.12 bits per heavy atom. The van der Waals surface area contributed by atoms with Crippen LogP contribution in [0.1, 0.15) is 53.6 Å². The number of hydrogen-bond donors (Lipinski definition) is 1. The lowest BCUT2D eigenvalue weighted by Crippen LogP contribution is -2.24. The largest absolute Gasteiger partial charge is 0.385 e. The maximum absolute atomic E-state index is 10.5. The van der Waals surface area contributed by atoms with E-state index in [1.165, 1.54) is 27.8 Å². The van der Waals surface area contributed by atoms with Crippen molar-refractivity contribution in [3.8, 4) is 0 Å². The summed E-state index contributed by atoms with van der Waals surface area (Å²) in [5.74, 6) is 0. The Morgan fingerprint density at radius 3 is 1.44 bits per heavy atom. The van der Waals surface area contributed by atoms with E-state index in [0.29, 0.717) is 0 Å². The fourth-order valence-electron chi connectivity index (χ4n) is 2.48. The Kier molecular flexibility index (Phi) is 3.49. The minimum absolute atomic E-state index is 0.711. The molecule has 1 nitrogen and oxygen atoms in total. The molecule has 1 aromatic rings. The van der Waals surface area contributed by atoms with E-state index in [1.54, 1.807) is 0 Å². The highest BCUT2D eigenvalue weighted by Gasteiger charge is 2.27. The highest BCUT2D eigenvalue weighted by atomic mass is 16.3. The fraction of sp³-hybridized carbons (Fsp3) is 0.600. The van der Waals surface area contributed by atoms with Crippen LogP contribution in [0.4, 0.5) is 0 Å². The average Bonchev–Trinajstić information content (AvgIpc) is 2.23. The number of benzene rings is 1. The smallest absolute Gasteiger partial charge is 0.0871 e. The zero-order valence-corrected chi connectivity index (χ0v) is 11.7. The Hall–Kier alpha value is -0.820. The molecule has 0 aromatic heterocycles. The van der Waals surface area contributed by atoms with Gasteiger partial charge in [-0.25, -0.2) is 0 Å². The molecule has 0 aliphatic heterocycles. The third-order valence-corrected chi connectivity index (χ3v) is 4.23. The Balaban J connectivity index is 3.65. The zero-order chi connectivity index (χ0) is 12.7. The van der Waals surface area contributed by atoms with Crippen molar-refractivity contribution >= 4 is 0 Å². The van der Waals surface area contributed by atoms with Crippen LogP contribution in [0, 0.1) is 34.6 Å². The lowest BCUT2D eigenvalue weighted by molar-refractivity contribution is 0.0516. The van der Waals surface area contributed by atoms with Gasteiger partial charge in [-0.05, 0) is 81.3 Å². The van der Waals surface area contributed by atoms with Crippen LogP contribution in [0.3, 0.4) is 0 Å². The van der Waals surface area contributed by atoms with E-state index >= 15 is 0 Å². The van der Waals surface area contributed by atoms with Crippen molar-refractivity contribution in [3.63, 3.8) is 0 Å². The van der Waals surface area contributed by atoms with Crippen molar-refractivity contribution in [1.82, 2.24) is 0 Å². The van der Waals surface area contributed by atoms with Crippen LogP contribution in [-0.4, -0.2) is 5.11 Å². The van der Waals surface area contributed by atoms with E-state index in [2.05, 4.69) is 34.6 Å². The van der Waals surface area contributed by atoms with Crippen molar-refractivity contribution < 1.29 is 5.11 Å². The van der Waals surface area contributed by atoms with Crippen molar-refractivity contribution in [3.05, 3.63) is 33.4 Å². The standard InChI is InChI=1S/C15H24O/c1-8-15(7,16)14-12(5)10(3)9(2)11(4)13(14)6/h16H,8H2,1-7H3/t15-/m1/s1. The van der Waals surface area contributed by atoms with Crippen molar-refractivity contribution in [2.24, 2.45) is 0 Å². The van der Waals surface area contributed by atoms with Gasteiger partial charge in [0.15, 0.2) is 0 Å². The summed E-state index contributed by atoms with van der Waals surface area (Å²) in [5.41, 5.74) is 6.87. The summed E-state index contributed by atoms with van der Waals surface area (Å²) in [5, 5.41) is 10.5. The average molecular weight is 220 g/mol. The Morgan fingerprint density at radius 1 is 0.812 bits per heavy atom. The molecule has 0 aliphatic rings. The van der Waals surface area contributed by atoms with Gasteiger partial charge in [-0.2, -0.15) is 0 Å². The molecule has 0 spiro atoms. The summed E-state index contributed by atoms with van der Waals surface area (Å²) in [6.07, 6.45) is 0.747. The minimum atomic E-state index is -0.711. The highest BCUT2D eigenvalue weighted by Crippen LogP contribution is 2.35. The number of hydrogen-bond acceptors (Lipinski definition) is 1. The van der Waals surface area contributed by atoms with E-state index in [-0.39, 0.29) is 0 Å². The fourth-order valence-corrected chi connectivity index (χ4v) is 2.48. The summed E-state index contributed by atoms with van der Waals surface area (Å²) in [6, 6.07) is 0. The summed E-state index contributed by atoms with van der Waals surface area (Å²) >= 11 is 0. The van der Waals surface area contributed by atoms with Crippen molar-refractivity contribution in [2.75, 3.05) is 0 Å². The molecule has 1 rings (SSSR count). The van der Waals surface area contributed by atoms with Crippen LogP contribution in [0.15, 0.2) is 0 Å². The molecule has 1 heteroatoms. The second-order valence-electron chi connectivity index (χ2n) is 5.13. The third kappa shape index (κ3) is 1.89. The summed E-state index contributed by atoms with van der Waals surface area (Å²) in [4.78, 5) is 0. The summed E-state index contributed by atoms with van der Waals surface area (Å²) in [7, 11) is 0. The molecule has 0 unspecified atom stereocenters. The third-order valence-electron chi connectivity index (χ3n) is 4.23. The van der Waals surface area contributed by atoms with Crippen LogP contribution < -0.4 is 0 Å². The second kappa shape index (κ2) is 4.21. The van der Waals surface area contributed by atoms with Gasteiger partial charge in [0, 0.05) is 0 Å². The molecule has 1 N–H and O–H groups in total. The molecule has 0 aliphatic carbocycles. The van der Waals surface area contributed by atoms with Gasteiger partial charge in [0.05, 0.1) is 5.60 Å². The Labute approximate surface area is 99.5 Å². The lowest BCUT2D eigenvalue weighted by atomic mass is 9.81. The Bertz CT molecular complexity index is 385. The quantitative estimate of drug-likeness (QED) is 0.802. The lowest BCUT2D eigenvalue weighted by Gasteiger charge is -2.29. The van der Waals surface area contributed by atoms with E-state index < -0.39 is 5.60 Å². The zero-order valence-electron chi connectivity index (χ0n) is 11.7. The predicted octanol–water partition coefficient (Wildman–Crippen LogP) is 3.85. The predicted molar refractivity (Wildman–Crippen MR) is 70.0 cm³/mol. The molecular weight excluding hydrogens is 196 g/mol. The van der Waals surface area contributed by atoms with Gasteiger partial charge in [-0.1, -0.05) is 6.92 Å². The van der Waals surface area contributed by atoms with Crippen LogP contribution in [0.5, 0.6) is 0 Å². The topological polar surface area (TPSA) is 20.2 Å².